The molecule has 0 saturated heterocycles. The average molecular weight is 567 g/mol. The lowest BCUT2D eigenvalue weighted by Gasteiger charge is -2.36. The van der Waals surface area contributed by atoms with E-state index < -0.39 is 5.54 Å². The Morgan fingerprint density at radius 2 is 1.83 bits per heavy atom. The van der Waals surface area contributed by atoms with Crippen molar-refractivity contribution in [2.24, 2.45) is 0 Å². The van der Waals surface area contributed by atoms with Crippen LogP contribution in [0.15, 0.2) is 54.6 Å². The molecule has 1 saturated carbocycles. The van der Waals surface area contributed by atoms with E-state index in [0.717, 1.165) is 16.7 Å². The highest BCUT2D eigenvalue weighted by Gasteiger charge is 2.64. The number of carbonyl (C=O) groups is 2. The third-order valence-corrected chi connectivity index (χ3v) is 8.82. The number of fused-ring (bicyclic) bond motifs is 4. The monoisotopic (exact) mass is 566 g/mol. The molecule has 1 spiro atoms. The zero-order valence-corrected chi connectivity index (χ0v) is 24.5. The van der Waals surface area contributed by atoms with Gasteiger partial charge in [-0.05, 0) is 93.5 Å². The summed E-state index contributed by atoms with van der Waals surface area (Å²) in [5.41, 5.74) is 5.18. The van der Waals surface area contributed by atoms with Gasteiger partial charge in [0.25, 0.3) is 11.8 Å². The molecule has 3 aliphatic rings. The summed E-state index contributed by atoms with van der Waals surface area (Å²) in [5.74, 6) is 1.23. The van der Waals surface area contributed by atoms with Gasteiger partial charge in [0, 0.05) is 22.3 Å². The third kappa shape index (κ3) is 3.54. The van der Waals surface area contributed by atoms with Crippen LogP contribution in [0, 0.1) is 13.8 Å². The highest BCUT2D eigenvalue weighted by atomic mass is 35.5. The summed E-state index contributed by atoms with van der Waals surface area (Å²) in [5, 5.41) is 3.58. The number of carbonyl (C=O) groups excluding carboxylic acids is 2. The van der Waals surface area contributed by atoms with Crippen LogP contribution < -0.4 is 15.0 Å². The fraction of sp³-hybridized carbons (Fsp3) is 0.303. The minimum atomic E-state index is -1.47. The second-order valence-corrected chi connectivity index (χ2v) is 12.1. The van der Waals surface area contributed by atoms with Gasteiger partial charge in [-0.1, -0.05) is 35.9 Å². The normalized spacial score (nSPS) is 19.2. The van der Waals surface area contributed by atoms with Crippen molar-refractivity contribution in [3.8, 4) is 17.1 Å². The number of anilines is 2. The number of hydrogen-bond acceptors (Lipinski definition) is 4. The number of hydrogen-bond donors (Lipinski definition) is 1. The van der Waals surface area contributed by atoms with Gasteiger partial charge < -0.3 is 14.6 Å². The van der Waals surface area contributed by atoms with Crippen LogP contribution in [0.3, 0.4) is 0 Å². The highest BCUT2D eigenvalue weighted by molar-refractivity contribution is 6.31. The van der Waals surface area contributed by atoms with Crippen molar-refractivity contribution in [2.45, 2.75) is 58.0 Å². The smallest absolute Gasteiger partial charge is 0.280 e. The van der Waals surface area contributed by atoms with E-state index in [0.29, 0.717) is 45.1 Å². The molecule has 0 radical (unpaired) electrons. The van der Waals surface area contributed by atoms with Gasteiger partial charge in [-0.3, -0.25) is 14.5 Å². The minimum Gasteiger partial charge on any atom is -0.496 e. The summed E-state index contributed by atoms with van der Waals surface area (Å²) in [6, 6.07) is 17.4. The highest BCUT2D eigenvalue weighted by Crippen LogP contribution is 2.55. The van der Waals surface area contributed by atoms with Gasteiger partial charge in [-0.15, -0.1) is 0 Å². The number of amides is 2. The van der Waals surface area contributed by atoms with E-state index in [9.17, 15) is 9.59 Å². The maximum absolute atomic E-state index is 14.6. The molecule has 1 atom stereocenters. The summed E-state index contributed by atoms with van der Waals surface area (Å²) >= 11 is 6.47. The van der Waals surface area contributed by atoms with E-state index in [1.54, 1.807) is 24.1 Å². The fourth-order valence-electron chi connectivity index (χ4n) is 6.53. The average Bonchev–Trinajstić information content (AvgIpc) is 3.59. The Morgan fingerprint density at radius 1 is 1.05 bits per heavy atom. The van der Waals surface area contributed by atoms with E-state index in [2.05, 4.69) is 17.4 Å². The van der Waals surface area contributed by atoms with Crippen LogP contribution >= 0.6 is 11.6 Å². The van der Waals surface area contributed by atoms with Gasteiger partial charge in [0.1, 0.15) is 11.6 Å². The quantitative estimate of drug-likeness (QED) is 0.278. The van der Waals surface area contributed by atoms with Crippen LogP contribution in [0.1, 0.15) is 77.1 Å². The number of methoxy groups -OCH3 is 1. The topological polar surface area (TPSA) is 76.5 Å². The van der Waals surface area contributed by atoms with Crippen molar-refractivity contribution >= 4 is 34.8 Å². The van der Waals surface area contributed by atoms with Crippen molar-refractivity contribution in [1.29, 1.82) is 0 Å². The van der Waals surface area contributed by atoms with E-state index in [-0.39, 0.29) is 23.6 Å². The molecular formula is C33H31ClN4O3. The zero-order chi connectivity index (χ0) is 28.8. The maximum atomic E-state index is 14.6. The maximum Gasteiger partial charge on any atom is 0.280 e. The molecule has 208 valence electrons. The standard InChI is InChI=1S/C33H31ClN4O3/c1-17(2)37-29-28(36-30(37)23-12-10-21(20-8-9-20)15-27(23)41-5)31(39)38(26-16-22(34)11-7-19(26)4)33(29)24-13-6-18(3)14-25(24)35-32(33)40/h6-7,10-17,20H,8-9H2,1-5H3,(H,35,40). The molecule has 8 heteroatoms. The number of aromatic nitrogens is 2. The summed E-state index contributed by atoms with van der Waals surface area (Å²) in [6.07, 6.45) is 2.36. The molecule has 3 heterocycles. The molecule has 1 aromatic heterocycles. The van der Waals surface area contributed by atoms with Crippen LogP contribution in [0.5, 0.6) is 5.75 Å². The van der Waals surface area contributed by atoms with Crippen molar-refractivity contribution in [2.75, 3.05) is 17.3 Å². The number of aryl methyl sites for hydroxylation is 2. The summed E-state index contributed by atoms with van der Waals surface area (Å²) in [4.78, 5) is 35.6. The Bertz CT molecular complexity index is 1790. The Balaban J connectivity index is 1.55. The van der Waals surface area contributed by atoms with Crippen LogP contribution in [0.4, 0.5) is 11.4 Å². The Labute approximate surface area is 244 Å². The van der Waals surface area contributed by atoms with E-state index >= 15 is 0 Å². The van der Waals surface area contributed by atoms with Crippen molar-refractivity contribution in [3.63, 3.8) is 0 Å². The molecule has 3 aromatic carbocycles. The van der Waals surface area contributed by atoms with E-state index in [4.69, 9.17) is 21.3 Å². The number of halogens is 1. The number of nitrogens with zero attached hydrogens (tertiary/aromatic N) is 3. The molecule has 4 aromatic rings. The zero-order valence-electron chi connectivity index (χ0n) is 23.7. The lowest BCUT2D eigenvalue weighted by atomic mass is 9.86. The largest absolute Gasteiger partial charge is 0.496 e. The molecule has 1 unspecified atom stereocenters. The van der Waals surface area contributed by atoms with Crippen LogP contribution in [0.25, 0.3) is 11.4 Å². The van der Waals surface area contributed by atoms with Crippen LogP contribution in [0.2, 0.25) is 5.02 Å². The lowest BCUT2D eigenvalue weighted by molar-refractivity contribution is -0.119. The Morgan fingerprint density at radius 3 is 2.54 bits per heavy atom. The van der Waals surface area contributed by atoms with Gasteiger partial charge >= 0.3 is 0 Å². The predicted molar refractivity (Wildman–Crippen MR) is 160 cm³/mol. The van der Waals surface area contributed by atoms with Crippen molar-refractivity contribution in [3.05, 3.63) is 93.3 Å². The van der Waals surface area contributed by atoms with Gasteiger partial charge in [-0.2, -0.15) is 0 Å². The Kier molecular flexibility index (Phi) is 5.64. The molecule has 2 amide bonds. The number of rotatable bonds is 5. The van der Waals surface area contributed by atoms with Crippen molar-refractivity contribution < 1.29 is 14.3 Å². The van der Waals surface area contributed by atoms with Gasteiger partial charge in [0.05, 0.1) is 24.1 Å². The third-order valence-electron chi connectivity index (χ3n) is 8.58. The number of imidazole rings is 1. The van der Waals surface area contributed by atoms with Crippen LogP contribution in [-0.2, 0) is 10.3 Å². The molecule has 41 heavy (non-hydrogen) atoms. The van der Waals surface area contributed by atoms with Crippen molar-refractivity contribution in [1.82, 2.24) is 9.55 Å². The van der Waals surface area contributed by atoms with Gasteiger partial charge in [-0.25, -0.2) is 4.98 Å². The summed E-state index contributed by atoms with van der Waals surface area (Å²) in [6.45, 7) is 7.99. The Hall–Kier alpha value is -4.10. The first-order valence-electron chi connectivity index (χ1n) is 14.0. The summed E-state index contributed by atoms with van der Waals surface area (Å²) < 4.78 is 7.90. The van der Waals surface area contributed by atoms with E-state index in [1.807, 2.05) is 62.6 Å². The molecule has 7 rings (SSSR count). The SMILES string of the molecule is COc1cc(C2CC2)ccc1-c1nc2c(n1C(C)C)C1(C(=O)Nc3cc(C)ccc31)N(c1cc(Cl)ccc1C)C2=O. The summed E-state index contributed by atoms with van der Waals surface area (Å²) in [7, 11) is 1.66. The number of nitrogens with one attached hydrogen (secondary N) is 1. The predicted octanol–water partition coefficient (Wildman–Crippen LogP) is 7.14. The molecule has 7 nitrogen and oxygen atoms in total. The lowest BCUT2D eigenvalue weighted by Crippen LogP contribution is -2.51. The minimum absolute atomic E-state index is 0.124. The first-order valence-corrected chi connectivity index (χ1v) is 14.4. The second kappa shape index (κ2) is 8.95. The van der Waals surface area contributed by atoms with Crippen LogP contribution in [-0.4, -0.2) is 28.5 Å². The number of ether oxygens (including phenoxy) is 1. The molecular weight excluding hydrogens is 536 g/mol. The van der Waals surface area contributed by atoms with Gasteiger partial charge in [0.2, 0.25) is 0 Å². The first kappa shape index (κ1) is 25.8. The molecule has 2 aliphatic heterocycles. The van der Waals surface area contributed by atoms with E-state index in [1.165, 1.54) is 18.4 Å². The number of benzene rings is 3. The van der Waals surface area contributed by atoms with Gasteiger partial charge in [0.15, 0.2) is 11.2 Å². The second-order valence-electron chi connectivity index (χ2n) is 11.6. The molecule has 1 aliphatic carbocycles. The molecule has 1 fully saturated rings. The fourth-order valence-corrected chi connectivity index (χ4v) is 6.70. The molecule has 0 bridgehead atoms. The molecule has 1 N–H and O–H groups in total. The first-order chi connectivity index (χ1) is 19.7.